The van der Waals surface area contributed by atoms with Crippen molar-refractivity contribution in [3.63, 3.8) is 0 Å². The molecular formula is C11H16ClN3S. The molecule has 0 amide bonds. The Balaban J connectivity index is 2.29. The highest BCUT2D eigenvalue weighted by Crippen LogP contribution is 2.19. The summed E-state index contributed by atoms with van der Waals surface area (Å²) in [5.74, 6) is 0. The summed E-state index contributed by atoms with van der Waals surface area (Å²) in [6, 6.07) is 7.48. The van der Waals surface area contributed by atoms with Crippen LogP contribution in [0.4, 0.5) is 5.69 Å². The first-order chi connectivity index (χ1) is 7.74. The van der Waals surface area contributed by atoms with Gasteiger partial charge in [-0.2, -0.15) is 0 Å². The van der Waals surface area contributed by atoms with Gasteiger partial charge >= 0.3 is 0 Å². The van der Waals surface area contributed by atoms with Gasteiger partial charge in [0.1, 0.15) is 0 Å². The van der Waals surface area contributed by atoms with Crippen LogP contribution in [0.15, 0.2) is 24.3 Å². The average Bonchev–Trinajstić information content (AvgIpc) is 2.28. The second kappa shape index (κ2) is 7.30. The Morgan fingerprint density at radius 2 is 2.12 bits per heavy atom. The van der Waals surface area contributed by atoms with Crippen molar-refractivity contribution in [2.75, 3.05) is 12.0 Å². The Hall–Kier alpha value is -1.00. The van der Waals surface area contributed by atoms with Gasteiger partial charge in [-0.3, -0.25) is 10.9 Å². The topological polar surface area (TPSA) is 36.1 Å². The Bertz CT molecular complexity index is 344. The molecule has 1 rings (SSSR count). The predicted octanol–water partition coefficient (Wildman–Crippen LogP) is 2.93. The molecule has 0 saturated carbocycles. The molecule has 1 aromatic rings. The molecule has 0 unspecified atom stereocenters. The maximum absolute atomic E-state index is 5.97. The second-order valence-electron chi connectivity index (χ2n) is 3.34. The van der Waals surface area contributed by atoms with E-state index in [0.717, 1.165) is 25.1 Å². The second-order valence-corrected chi connectivity index (χ2v) is 4.15. The quantitative estimate of drug-likeness (QED) is 0.431. The Morgan fingerprint density at radius 3 is 2.81 bits per heavy atom. The fourth-order valence-electron chi connectivity index (χ4n) is 1.11. The number of hydrogen-bond acceptors (Lipinski definition) is 2. The van der Waals surface area contributed by atoms with Crippen molar-refractivity contribution in [3.05, 3.63) is 29.3 Å². The van der Waals surface area contributed by atoms with Gasteiger partial charge in [0, 0.05) is 6.54 Å². The van der Waals surface area contributed by atoms with E-state index in [1.165, 1.54) is 0 Å². The fourth-order valence-corrected chi connectivity index (χ4v) is 1.45. The van der Waals surface area contributed by atoms with Gasteiger partial charge in [-0.15, -0.1) is 0 Å². The molecule has 88 valence electrons. The average molecular weight is 258 g/mol. The van der Waals surface area contributed by atoms with Crippen LogP contribution in [0.3, 0.4) is 0 Å². The summed E-state index contributed by atoms with van der Waals surface area (Å²) in [5.41, 5.74) is 6.65. The van der Waals surface area contributed by atoms with Crippen LogP contribution in [0.2, 0.25) is 5.02 Å². The van der Waals surface area contributed by atoms with E-state index in [2.05, 4.69) is 23.1 Å². The first-order valence-electron chi connectivity index (χ1n) is 5.28. The minimum absolute atomic E-state index is 0.577. The van der Waals surface area contributed by atoms with E-state index in [4.69, 9.17) is 23.8 Å². The number of hydrazine groups is 1. The molecule has 0 fully saturated rings. The highest BCUT2D eigenvalue weighted by Gasteiger charge is 1.98. The fraction of sp³-hybridized carbons (Fsp3) is 0.364. The largest absolute Gasteiger partial charge is 0.361 e. The maximum Gasteiger partial charge on any atom is 0.185 e. The van der Waals surface area contributed by atoms with Crippen molar-refractivity contribution in [2.24, 2.45) is 0 Å². The van der Waals surface area contributed by atoms with E-state index in [1.807, 2.05) is 24.3 Å². The molecule has 0 aromatic heterocycles. The van der Waals surface area contributed by atoms with Gasteiger partial charge in [0.05, 0.1) is 10.7 Å². The molecule has 0 aliphatic heterocycles. The summed E-state index contributed by atoms with van der Waals surface area (Å²) in [4.78, 5) is 0. The number of hydrogen-bond donors (Lipinski definition) is 3. The third-order valence-corrected chi connectivity index (χ3v) is 2.58. The van der Waals surface area contributed by atoms with Gasteiger partial charge in [-0.05, 0) is 30.8 Å². The van der Waals surface area contributed by atoms with Crippen LogP contribution in [0, 0.1) is 0 Å². The van der Waals surface area contributed by atoms with E-state index in [9.17, 15) is 0 Å². The van der Waals surface area contributed by atoms with Gasteiger partial charge in [0.15, 0.2) is 5.11 Å². The standard InChI is InChI=1S/C11H16ClN3S/c1-2-3-8-13-11(16)15-14-10-7-5-4-6-9(10)12/h4-7,14H,2-3,8H2,1H3,(H2,13,15,16). The monoisotopic (exact) mass is 257 g/mol. The number of anilines is 1. The molecule has 16 heavy (non-hydrogen) atoms. The van der Waals surface area contributed by atoms with Crippen molar-refractivity contribution in [3.8, 4) is 0 Å². The molecule has 0 heterocycles. The summed E-state index contributed by atoms with van der Waals surface area (Å²) in [5, 5.41) is 4.32. The molecule has 1 aromatic carbocycles. The van der Waals surface area contributed by atoms with E-state index in [0.29, 0.717) is 10.1 Å². The maximum atomic E-state index is 5.97. The summed E-state index contributed by atoms with van der Waals surface area (Å²) >= 11 is 11.1. The molecular weight excluding hydrogens is 242 g/mol. The molecule has 3 nitrogen and oxygen atoms in total. The number of benzene rings is 1. The van der Waals surface area contributed by atoms with Crippen molar-refractivity contribution in [2.45, 2.75) is 19.8 Å². The molecule has 0 radical (unpaired) electrons. The van der Waals surface area contributed by atoms with Crippen molar-refractivity contribution in [1.29, 1.82) is 0 Å². The molecule has 0 aliphatic carbocycles. The number of halogens is 1. The number of rotatable bonds is 5. The van der Waals surface area contributed by atoms with E-state index in [-0.39, 0.29) is 0 Å². The zero-order chi connectivity index (χ0) is 11.8. The van der Waals surface area contributed by atoms with Crippen molar-refractivity contribution in [1.82, 2.24) is 10.7 Å². The smallest absolute Gasteiger partial charge is 0.185 e. The summed E-state index contributed by atoms with van der Waals surface area (Å²) in [6.45, 7) is 3.02. The Kier molecular flexibility index (Phi) is 5.96. The van der Waals surface area contributed by atoms with Gasteiger partial charge in [-0.1, -0.05) is 37.1 Å². The van der Waals surface area contributed by atoms with E-state index in [1.54, 1.807) is 0 Å². The lowest BCUT2D eigenvalue weighted by Gasteiger charge is -2.12. The third kappa shape index (κ3) is 4.68. The number of para-hydroxylation sites is 1. The normalized spacial score (nSPS) is 9.62. The summed E-state index contributed by atoms with van der Waals surface area (Å²) < 4.78 is 0. The van der Waals surface area contributed by atoms with Gasteiger partial charge in [0.2, 0.25) is 0 Å². The van der Waals surface area contributed by atoms with Crippen LogP contribution in [-0.2, 0) is 0 Å². The zero-order valence-corrected chi connectivity index (χ0v) is 10.8. The van der Waals surface area contributed by atoms with E-state index >= 15 is 0 Å². The predicted molar refractivity (Wildman–Crippen MR) is 73.7 cm³/mol. The Morgan fingerprint density at radius 1 is 1.38 bits per heavy atom. The van der Waals surface area contributed by atoms with Gasteiger partial charge < -0.3 is 5.32 Å². The Labute approximate surface area is 107 Å². The summed E-state index contributed by atoms with van der Waals surface area (Å²) in [7, 11) is 0. The summed E-state index contributed by atoms with van der Waals surface area (Å²) in [6.07, 6.45) is 2.25. The SMILES string of the molecule is CCCCNC(=S)NNc1ccccc1Cl. The van der Waals surface area contributed by atoms with Crippen LogP contribution < -0.4 is 16.2 Å². The molecule has 0 saturated heterocycles. The lowest BCUT2D eigenvalue weighted by Crippen LogP contribution is -2.39. The molecule has 0 bridgehead atoms. The van der Waals surface area contributed by atoms with Crippen LogP contribution >= 0.6 is 23.8 Å². The third-order valence-electron chi connectivity index (χ3n) is 2.00. The first kappa shape index (κ1) is 13.1. The van der Waals surface area contributed by atoms with Crippen LogP contribution in [0.5, 0.6) is 0 Å². The highest BCUT2D eigenvalue weighted by molar-refractivity contribution is 7.80. The lowest BCUT2D eigenvalue weighted by molar-refractivity contribution is 0.748. The van der Waals surface area contributed by atoms with Crippen LogP contribution in [-0.4, -0.2) is 11.7 Å². The van der Waals surface area contributed by atoms with Gasteiger partial charge in [-0.25, -0.2) is 0 Å². The molecule has 0 spiro atoms. The minimum atomic E-state index is 0.577. The van der Waals surface area contributed by atoms with Crippen molar-refractivity contribution >= 4 is 34.6 Å². The van der Waals surface area contributed by atoms with Gasteiger partial charge in [0.25, 0.3) is 0 Å². The highest BCUT2D eigenvalue weighted by atomic mass is 35.5. The minimum Gasteiger partial charge on any atom is -0.361 e. The molecule has 5 heteroatoms. The number of nitrogens with one attached hydrogen (secondary N) is 3. The zero-order valence-electron chi connectivity index (χ0n) is 9.22. The number of thiocarbonyl (C=S) groups is 1. The lowest BCUT2D eigenvalue weighted by atomic mass is 10.3. The molecule has 3 N–H and O–H groups in total. The van der Waals surface area contributed by atoms with Crippen LogP contribution in [0.25, 0.3) is 0 Å². The molecule has 0 aliphatic rings. The molecule has 0 atom stereocenters. The van der Waals surface area contributed by atoms with Crippen molar-refractivity contribution < 1.29 is 0 Å². The van der Waals surface area contributed by atoms with Crippen LogP contribution in [0.1, 0.15) is 19.8 Å². The number of unbranched alkanes of at least 4 members (excludes halogenated alkanes) is 1. The van der Waals surface area contributed by atoms with E-state index < -0.39 is 0 Å². The first-order valence-corrected chi connectivity index (χ1v) is 6.07.